The Morgan fingerprint density at radius 2 is 1.56 bits per heavy atom. The van der Waals surface area contributed by atoms with Crippen molar-refractivity contribution >= 4 is 29.0 Å². The van der Waals surface area contributed by atoms with Crippen LogP contribution in [0.2, 0.25) is 0 Å². The Balaban J connectivity index is 1.85. The molecule has 0 bridgehead atoms. The minimum Gasteiger partial charge on any atom is -0.422 e. The Hall–Kier alpha value is -3.08. The highest BCUT2D eigenvalue weighted by Crippen LogP contribution is 2.43. The fourth-order valence-corrected chi connectivity index (χ4v) is 3.31. The average Bonchev–Trinajstić information content (AvgIpc) is 3.12. The van der Waals surface area contributed by atoms with Crippen LogP contribution in [0.5, 0.6) is 5.75 Å². The fourth-order valence-electron chi connectivity index (χ4n) is 3.31. The first-order valence-corrected chi connectivity index (χ1v) is 8.31. The minimum absolute atomic E-state index is 0.278. The van der Waals surface area contributed by atoms with E-state index in [1.165, 1.54) is 0 Å². The third-order valence-corrected chi connectivity index (χ3v) is 4.58. The standard InChI is InChI=1S/C20H17NO4/c1-3-21(4-2)12-9-10-15-16(11-12)24-20(23)17(15)18-13-7-5-6-8-14(13)19(22)25-18/h5-11H,3-4H2,1-2H3/b18-17+. The molecule has 2 aromatic carbocycles. The molecule has 0 aliphatic carbocycles. The number of hydrogen-bond acceptors (Lipinski definition) is 5. The second kappa shape index (κ2) is 5.77. The van der Waals surface area contributed by atoms with Gasteiger partial charge in [-0.15, -0.1) is 0 Å². The van der Waals surface area contributed by atoms with Gasteiger partial charge in [0.25, 0.3) is 0 Å². The van der Waals surface area contributed by atoms with Crippen molar-refractivity contribution in [3.63, 3.8) is 0 Å². The molecule has 0 saturated heterocycles. The molecule has 2 heterocycles. The van der Waals surface area contributed by atoms with Crippen LogP contribution in [0.4, 0.5) is 5.69 Å². The van der Waals surface area contributed by atoms with Gasteiger partial charge >= 0.3 is 11.9 Å². The summed E-state index contributed by atoms with van der Waals surface area (Å²) in [7, 11) is 0. The number of carbonyl (C=O) groups excluding carboxylic acids is 2. The molecule has 0 radical (unpaired) electrons. The van der Waals surface area contributed by atoms with Crippen molar-refractivity contribution in [2.45, 2.75) is 13.8 Å². The molecular weight excluding hydrogens is 318 g/mol. The van der Waals surface area contributed by atoms with Crippen LogP contribution in [0.25, 0.3) is 11.3 Å². The van der Waals surface area contributed by atoms with Gasteiger partial charge in [-0.05, 0) is 32.0 Å². The average molecular weight is 335 g/mol. The Bertz CT molecular complexity index is 925. The van der Waals surface area contributed by atoms with Crippen LogP contribution in [0, 0.1) is 0 Å². The van der Waals surface area contributed by atoms with E-state index in [9.17, 15) is 9.59 Å². The fraction of sp³-hybridized carbons (Fsp3) is 0.200. The molecule has 5 heteroatoms. The zero-order valence-electron chi connectivity index (χ0n) is 14.0. The Labute approximate surface area is 145 Å². The van der Waals surface area contributed by atoms with Crippen LogP contribution < -0.4 is 9.64 Å². The van der Waals surface area contributed by atoms with Crippen LogP contribution in [0.1, 0.15) is 35.3 Å². The highest BCUT2D eigenvalue weighted by Gasteiger charge is 2.37. The van der Waals surface area contributed by atoms with Gasteiger partial charge in [0, 0.05) is 36.0 Å². The van der Waals surface area contributed by atoms with E-state index in [1.54, 1.807) is 18.2 Å². The van der Waals surface area contributed by atoms with Gasteiger partial charge < -0.3 is 14.4 Å². The number of anilines is 1. The smallest absolute Gasteiger partial charge is 0.348 e. The number of fused-ring (bicyclic) bond motifs is 2. The van der Waals surface area contributed by atoms with E-state index in [-0.39, 0.29) is 5.76 Å². The molecular formula is C20H17NO4. The van der Waals surface area contributed by atoms with Gasteiger partial charge in [-0.25, -0.2) is 9.59 Å². The van der Waals surface area contributed by atoms with Gasteiger partial charge in [0.1, 0.15) is 11.3 Å². The lowest BCUT2D eigenvalue weighted by Crippen LogP contribution is -2.21. The van der Waals surface area contributed by atoms with Crippen molar-refractivity contribution in [1.29, 1.82) is 0 Å². The molecule has 0 spiro atoms. The van der Waals surface area contributed by atoms with E-state index in [0.29, 0.717) is 28.0 Å². The van der Waals surface area contributed by atoms with E-state index >= 15 is 0 Å². The zero-order chi connectivity index (χ0) is 17.6. The summed E-state index contributed by atoms with van der Waals surface area (Å²) < 4.78 is 10.8. The maximum absolute atomic E-state index is 12.5. The molecule has 0 amide bonds. The summed E-state index contributed by atoms with van der Waals surface area (Å²) in [6, 6.07) is 12.7. The maximum atomic E-state index is 12.5. The van der Waals surface area contributed by atoms with E-state index < -0.39 is 11.9 Å². The molecule has 25 heavy (non-hydrogen) atoms. The number of nitrogens with zero attached hydrogens (tertiary/aromatic N) is 1. The van der Waals surface area contributed by atoms with E-state index in [4.69, 9.17) is 9.47 Å². The molecule has 2 aromatic rings. The molecule has 5 nitrogen and oxygen atoms in total. The topological polar surface area (TPSA) is 55.8 Å². The predicted molar refractivity (Wildman–Crippen MR) is 94.3 cm³/mol. The van der Waals surface area contributed by atoms with Crippen molar-refractivity contribution in [1.82, 2.24) is 0 Å². The molecule has 0 saturated carbocycles. The summed E-state index contributed by atoms with van der Waals surface area (Å²) in [4.78, 5) is 26.7. The van der Waals surface area contributed by atoms with Crippen LogP contribution in [-0.2, 0) is 9.53 Å². The Kier molecular flexibility index (Phi) is 3.57. The third-order valence-electron chi connectivity index (χ3n) is 4.58. The first kappa shape index (κ1) is 15.4. The SMILES string of the molecule is CCN(CC)c1ccc2c(c1)OC(=O)/C2=C1/OC(=O)c2ccccc21. The monoisotopic (exact) mass is 335 g/mol. The van der Waals surface area contributed by atoms with Crippen molar-refractivity contribution in [2.24, 2.45) is 0 Å². The first-order chi connectivity index (χ1) is 12.1. The van der Waals surface area contributed by atoms with E-state index in [1.807, 2.05) is 24.3 Å². The van der Waals surface area contributed by atoms with Gasteiger partial charge in [-0.1, -0.05) is 18.2 Å². The summed E-state index contributed by atoms with van der Waals surface area (Å²) in [6.45, 7) is 5.88. The maximum Gasteiger partial charge on any atom is 0.348 e. The van der Waals surface area contributed by atoms with Gasteiger partial charge in [0.05, 0.1) is 5.56 Å². The van der Waals surface area contributed by atoms with Crippen molar-refractivity contribution in [3.05, 3.63) is 59.2 Å². The van der Waals surface area contributed by atoms with Gasteiger partial charge in [0.15, 0.2) is 5.76 Å². The molecule has 0 fully saturated rings. The second-order valence-electron chi connectivity index (χ2n) is 5.88. The normalized spacial score (nSPS) is 17.8. The van der Waals surface area contributed by atoms with Gasteiger partial charge in [0.2, 0.25) is 0 Å². The van der Waals surface area contributed by atoms with E-state index in [2.05, 4.69) is 18.7 Å². The highest BCUT2D eigenvalue weighted by molar-refractivity contribution is 6.30. The molecule has 0 N–H and O–H groups in total. The summed E-state index contributed by atoms with van der Waals surface area (Å²) in [6.07, 6.45) is 0. The van der Waals surface area contributed by atoms with Crippen molar-refractivity contribution < 1.29 is 19.1 Å². The predicted octanol–water partition coefficient (Wildman–Crippen LogP) is 3.49. The van der Waals surface area contributed by atoms with Crippen LogP contribution in [-0.4, -0.2) is 25.0 Å². The van der Waals surface area contributed by atoms with Gasteiger partial charge in [-0.2, -0.15) is 0 Å². The lowest BCUT2D eigenvalue weighted by Gasteiger charge is -2.21. The Morgan fingerprint density at radius 1 is 0.840 bits per heavy atom. The number of hydrogen-bond donors (Lipinski definition) is 0. The molecule has 126 valence electrons. The number of benzene rings is 2. The minimum atomic E-state index is -0.494. The van der Waals surface area contributed by atoms with Crippen LogP contribution in [0.3, 0.4) is 0 Å². The molecule has 2 aliphatic heterocycles. The number of carbonyl (C=O) groups is 2. The van der Waals surface area contributed by atoms with Crippen molar-refractivity contribution in [3.8, 4) is 5.75 Å². The molecule has 0 unspecified atom stereocenters. The van der Waals surface area contributed by atoms with Crippen LogP contribution in [0.15, 0.2) is 42.5 Å². The lowest BCUT2D eigenvalue weighted by molar-refractivity contribution is -0.126. The second-order valence-corrected chi connectivity index (χ2v) is 5.88. The number of rotatable bonds is 3. The largest absolute Gasteiger partial charge is 0.422 e. The summed E-state index contributed by atoms with van der Waals surface area (Å²) in [5, 5.41) is 0. The molecule has 4 rings (SSSR count). The number of cyclic esters (lactones) is 1. The third kappa shape index (κ3) is 2.31. The highest BCUT2D eigenvalue weighted by atomic mass is 16.6. The Morgan fingerprint density at radius 3 is 2.28 bits per heavy atom. The zero-order valence-corrected chi connectivity index (χ0v) is 14.0. The van der Waals surface area contributed by atoms with Crippen LogP contribution >= 0.6 is 0 Å². The number of ether oxygens (including phenoxy) is 2. The lowest BCUT2D eigenvalue weighted by atomic mass is 10.00. The summed E-state index contributed by atoms with van der Waals surface area (Å²) in [5.74, 6) is -0.164. The number of esters is 2. The van der Waals surface area contributed by atoms with E-state index in [0.717, 1.165) is 18.8 Å². The van der Waals surface area contributed by atoms with Crippen molar-refractivity contribution in [2.75, 3.05) is 18.0 Å². The first-order valence-electron chi connectivity index (χ1n) is 8.31. The summed E-state index contributed by atoms with van der Waals surface area (Å²) in [5.41, 5.74) is 3.04. The quantitative estimate of drug-likeness (QED) is 0.488. The van der Waals surface area contributed by atoms with Gasteiger partial charge in [-0.3, -0.25) is 0 Å². The molecule has 2 aliphatic rings. The molecule has 0 atom stereocenters. The summed E-state index contributed by atoms with van der Waals surface area (Å²) >= 11 is 0. The molecule has 0 aromatic heterocycles.